The molecule has 0 bridgehead atoms. The van der Waals surface area contributed by atoms with Crippen molar-refractivity contribution in [2.24, 2.45) is 0 Å². The number of amides is 2. The Labute approximate surface area is 215 Å². The van der Waals surface area contributed by atoms with E-state index in [0.717, 1.165) is 30.3 Å². The number of rotatable bonds is 11. The van der Waals surface area contributed by atoms with Gasteiger partial charge in [-0.05, 0) is 25.1 Å². The minimum absolute atomic E-state index is 0.0502. The highest BCUT2D eigenvalue weighted by molar-refractivity contribution is 5.75. The number of hydrogen-bond donors (Lipinski definition) is 2. The Morgan fingerprint density at radius 2 is 2.05 bits per heavy atom. The Hall–Kier alpha value is -4.19. The molecule has 1 aromatic carbocycles. The lowest BCUT2D eigenvalue weighted by Crippen LogP contribution is -2.33. The number of ether oxygens (including phenoxy) is 3. The topological polar surface area (TPSA) is 133 Å². The number of likely N-dealkylation sites (N-methyl/N-ethyl adjacent to an activating group) is 1. The third-order valence-electron chi connectivity index (χ3n) is 5.36. The molecule has 37 heavy (non-hydrogen) atoms. The standard InChI is InChI=1S/C15H19N5O3.C10H14N2O2/c1-12-3-5-13(6-4-12)23-8-7-19(2)15(22)10-20-9-14(16-11-21)17-18-20;1-11-10-6-8(2-4-12-10)14-9-3-5-13-7-9/h3-6,9,11H,7-8,10H2,1-2H3,(H,16,21);2,4,6,9H,3,5,7H2,1H3,(H,11,12)/t;9-/m.1/s1. The summed E-state index contributed by atoms with van der Waals surface area (Å²) in [7, 11) is 3.53. The van der Waals surface area contributed by atoms with E-state index in [2.05, 4.69) is 25.9 Å². The van der Waals surface area contributed by atoms with Gasteiger partial charge in [0, 0.05) is 32.8 Å². The predicted octanol–water partition coefficient (Wildman–Crippen LogP) is 1.98. The van der Waals surface area contributed by atoms with E-state index < -0.39 is 0 Å². The number of anilines is 2. The molecule has 0 saturated carbocycles. The predicted molar refractivity (Wildman–Crippen MR) is 138 cm³/mol. The summed E-state index contributed by atoms with van der Waals surface area (Å²) in [5, 5.41) is 12.8. The van der Waals surface area contributed by atoms with Gasteiger partial charge in [0.1, 0.15) is 36.6 Å². The maximum absolute atomic E-state index is 12.1. The molecule has 1 saturated heterocycles. The molecular weight excluding hydrogens is 478 g/mol. The molecule has 1 fully saturated rings. The Morgan fingerprint density at radius 3 is 2.76 bits per heavy atom. The molecule has 4 rings (SSSR count). The van der Waals surface area contributed by atoms with Crippen LogP contribution in [0.5, 0.6) is 11.5 Å². The monoisotopic (exact) mass is 511 g/mol. The normalized spacial score (nSPS) is 14.2. The summed E-state index contributed by atoms with van der Waals surface area (Å²) in [4.78, 5) is 28.0. The van der Waals surface area contributed by atoms with Gasteiger partial charge in [-0.25, -0.2) is 9.67 Å². The Bertz CT molecular complexity index is 1120. The van der Waals surface area contributed by atoms with Crippen LogP contribution in [-0.2, 0) is 20.9 Å². The van der Waals surface area contributed by atoms with Crippen LogP contribution in [0.25, 0.3) is 0 Å². The zero-order valence-corrected chi connectivity index (χ0v) is 21.3. The van der Waals surface area contributed by atoms with Crippen molar-refractivity contribution in [3.05, 3.63) is 54.4 Å². The highest BCUT2D eigenvalue weighted by Gasteiger charge is 2.17. The average molecular weight is 512 g/mol. The Morgan fingerprint density at radius 1 is 1.24 bits per heavy atom. The number of pyridine rings is 1. The Balaban J connectivity index is 0.000000231. The third-order valence-corrected chi connectivity index (χ3v) is 5.36. The van der Waals surface area contributed by atoms with Gasteiger partial charge in [0.2, 0.25) is 12.3 Å². The number of benzene rings is 1. The molecule has 1 atom stereocenters. The van der Waals surface area contributed by atoms with Gasteiger partial charge in [0.25, 0.3) is 0 Å². The number of carbonyl (C=O) groups excluding carboxylic acids is 2. The molecule has 12 nitrogen and oxygen atoms in total. The van der Waals surface area contributed by atoms with Gasteiger partial charge >= 0.3 is 0 Å². The molecule has 2 N–H and O–H groups in total. The summed E-state index contributed by atoms with van der Waals surface area (Å²) in [5.74, 6) is 2.62. The van der Waals surface area contributed by atoms with Crippen LogP contribution in [0.15, 0.2) is 48.8 Å². The number of aryl methyl sites for hydroxylation is 1. The van der Waals surface area contributed by atoms with Gasteiger partial charge in [-0.15, -0.1) is 5.10 Å². The molecule has 12 heteroatoms. The largest absolute Gasteiger partial charge is 0.492 e. The first-order valence-electron chi connectivity index (χ1n) is 11.9. The summed E-state index contributed by atoms with van der Waals surface area (Å²) in [6.45, 7) is 4.41. The fourth-order valence-corrected chi connectivity index (χ4v) is 3.24. The second kappa shape index (κ2) is 14.4. The van der Waals surface area contributed by atoms with Gasteiger partial charge in [-0.3, -0.25) is 9.59 Å². The van der Waals surface area contributed by atoms with Crippen molar-refractivity contribution in [3.63, 3.8) is 0 Å². The van der Waals surface area contributed by atoms with Crippen molar-refractivity contribution in [2.45, 2.75) is 26.0 Å². The van der Waals surface area contributed by atoms with E-state index in [1.165, 1.54) is 16.4 Å². The highest BCUT2D eigenvalue weighted by Crippen LogP contribution is 2.18. The maximum atomic E-state index is 12.1. The van der Waals surface area contributed by atoms with Crippen molar-refractivity contribution < 1.29 is 23.8 Å². The van der Waals surface area contributed by atoms with E-state index in [9.17, 15) is 9.59 Å². The minimum Gasteiger partial charge on any atom is -0.492 e. The van der Waals surface area contributed by atoms with Gasteiger partial charge in [-0.2, -0.15) is 0 Å². The van der Waals surface area contributed by atoms with Crippen molar-refractivity contribution in [3.8, 4) is 11.5 Å². The molecule has 2 amide bonds. The van der Waals surface area contributed by atoms with E-state index in [0.29, 0.717) is 32.0 Å². The number of nitrogens with zero attached hydrogens (tertiary/aromatic N) is 5. The zero-order valence-electron chi connectivity index (χ0n) is 21.3. The minimum atomic E-state index is -0.125. The first-order chi connectivity index (χ1) is 18.0. The van der Waals surface area contributed by atoms with Crippen LogP contribution in [0.4, 0.5) is 11.6 Å². The van der Waals surface area contributed by atoms with Crippen molar-refractivity contribution in [1.82, 2.24) is 24.9 Å². The van der Waals surface area contributed by atoms with Gasteiger partial charge < -0.3 is 29.7 Å². The maximum Gasteiger partial charge on any atom is 0.244 e. The molecule has 3 aromatic rings. The number of carbonyl (C=O) groups is 2. The fourth-order valence-electron chi connectivity index (χ4n) is 3.24. The fraction of sp³-hybridized carbons (Fsp3) is 0.400. The van der Waals surface area contributed by atoms with Gasteiger partial charge in [0.05, 0.1) is 26.0 Å². The SMILES string of the molecule is CNc1cc(O[C@@H]2CCOC2)ccn1.Cc1ccc(OCCN(C)C(=O)Cn2cc(NC=O)nn2)cc1. The van der Waals surface area contributed by atoms with Crippen LogP contribution in [-0.4, -0.2) is 83.8 Å². The van der Waals surface area contributed by atoms with Crippen LogP contribution in [0.1, 0.15) is 12.0 Å². The second-order valence-corrected chi connectivity index (χ2v) is 8.27. The summed E-state index contributed by atoms with van der Waals surface area (Å²) in [5.41, 5.74) is 1.17. The van der Waals surface area contributed by atoms with E-state index in [1.807, 2.05) is 50.4 Å². The van der Waals surface area contributed by atoms with Crippen molar-refractivity contribution in [1.29, 1.82) is 0 Å². The molecule has 0 radical (unpaired) electrons. The number of hydrogen-bond acceptors (Lipinski definition) is 9. The van der Waals surface area contributed by atoms with E-state index in [-0.39, 0.29) is 18.6 Å². The zero-order chi connectivity index (χ0) is 26.5. The molecular formula is C25H33N7O5. The molecule has 0 unspecified atom stereocenters. The lowest BCUT2D eigenvalue weighted by atomic mass is 10.2. The van der Waals surface area contributed by atoms with Crippen LogP contribution in [0.2, 0.25) is 0 Å². The third kappa shape index (κ3) is 9.41. The summed E-state index contributed by atoms with van der Waals surface area (Å²) >= 11 is 0. The average Bonchev–Trinajstić information content (AvgIpc) is 3.58. The molecule has 198 valence electrons. The van der Waals surface area contributed by atoms with Crippen LogP contribution in [0.3, 0.4) is 0 Å². The summed E-state index contributed by atoms with van der Waals surface area (Å²) in [6, 6.07) is 11.5. The van der Waals surface area contributed by atoms with Crippen molar-refractivity contribution in [2.75, 3.05) is 51.1 Å². The molecule has 2 aromatic heterocycles. The lowest BCUT2D eigenvalue weighted by Gasteiger charge is -2.17. The van der Waals surface area contributed by atoms with E-state index >= 15 is 0 Å². The molecule has 3 heterocycles. The summed E-state index contributed by atoms with van der Waals surface area (Å²) < 4.78 is 17.9. The van der Waals surface area contributed by atoms with Gasteiger partial charge in [-0.1, -0.05) is 22.9 Å². The first kappa shape index (κ1) is 27.4. The van der Waals surface area contributed by atoms with Gasteiger partial charge in [0.15, 0.2) is 5.82 Å². The molecule has 1 aliphatic heterocycles. The quantitative estimate of drug-likeness (QED) is 0.371. The first-order valence-corrected chi connectivity index (χ1v) is 11.9. The van der Waals surface area contributed by atoms with Crippen LogP contribution >= 0.6 is 0 Å². The molecule has 0 aliphatic carbocycles. The smallest absolute Gasteiger partial charge is 0.244 e. The van der Waals surface area contributed by atoms with Crippen LogP contribution in [0, 0.1) is 6.92 Å². The Kier molecular flexibility index (Phi) is 10.7. The number of aromatic nitrogens is 4. The highest BCUT2D eigenvalue weighted by atomic mass is 16.5. The second-order valence-electron chi connectivity index (χ2n) is 8.27. The van der Waals surface area contributed by atoms with E-state index in [1.54, 1.807) is 18.1 Å². The van der Waals surface area contributed by atoms with Crippen LogP contribution < -0.4 is 20.1 Å². The molecule has 1 aliphatic rings. The van der Waals surface area contributed by atoms with Crippen molar-refractivity contribution >= 4 is 24.0 Å². The molecule has 0 spiro atoms. The summed E-state index contributed by atoms with van der Waals surface area (Å²) in [6.07, 6.45) is 4.89. The lowest BCUT2D eigenvalue weighted by molar-refractivity contribution is -0.131. The number of nitrogens with one attached hydrogen (secondary N) is 2. The van der Waals surface area contributed by atoms with E-state index in [4.69, 9.17) is 14.2 Å².